The van der Waals surface area contributed by atoms with Gasteiger partial charge in [-0.25, -0.2) is 26.3 Å². The van der Waals surface area contributed by atoms with Crippen LogP contribution in [0.2, 0.25) is 0 Å². The van der Waals surface area contributed by atoms with E-state index in [1.165, 1.54) is 19.9 Å². The molecule has 0 aliphatic heterocycles. The predicted molar refractivity (Wildman–Crippen MR) is 137 cm³/mol. The van der Waals surface area contributed by atoms with E-state index < -0.39 is 69.0 Å². The van der Waals surface area contributed by atoms with Crippen LogP contribution in [0.15, 0.2) is 60.7 Å². The van der Waals surface area contributed by atoms with Gasteiger partial charge in [-0.2, -0.15) is 8.78 Å². The second kappa shape index (κ2) is 10.8. The summed E-state index contributed by atoms with van der Waals surface area (Å²) < 4.78 is 122. The number of benzene rings is 4. The fraction of sp³-hybridized carbons (Fsp3) is 0.161. The van der Waals surface area contributed by atoms with Crippen molar-refractivity contribution < 1.29 is 39.9 Å². The number of aryl methyl sites for hydroxylation is 3. The van der Waals surface area contributed by atoms with E-state index in [1.807, 2.05) is 0 Å². The summed E-state index contributed by atoms with van der Waals surface area (Å²) in [5, 5.41) is 0. The van der Waals surface area contributed by atoms with E-state index in [9.17, 15) is 35.1 Å². The van der Waals surface area contributed by atoms with E-state index in [1.54, 1.807) is 26.0 Å². The molecule has 9 heteroatoms. The number of hydrogen-bond acceptors (Lipinski definition) is 1. The lowest BCUT2D eigenvalue weighted by Crippen LogP contribution is -2.23. The standard InChI is InChI=1S/C31H22F8O/c1-15-5-7-22(17(3)9-15)30(37)29(36)20-12-26(34)28(27(35)13-20)19-6-8-23(25(33)11-19)31(38,39)40-21-10-16(2)18(4)24(32)14-21/h5-14H,1-4H3/b30-29+. The molecule has 0 saturated heterocycles. The number of rotatable bonds is 6. The van der Waals surface area contributed by atoms with Crippen molar-refractivity contribution in [2.45, 2.75) is 33.8 Å². The van der Waals surface area contributed by atoms with Gasteiger partial charge in [0.2, 0.25) is 0 Å². The SMILES string of the molecule is Cc1ccc(/C(F)=C(\F)c2cc(F)c(-c3ccc(C(F)(F)Oc4cc(C)c(C)c(F)c4)c(F)c3)c(F)c2)c(C)c1. The zero-order valence-corrected chi connectivity index (χ0v) is 21.7. The first-order chi connectivity index (χ1) is 18.7. The van der Waals surface area contributed by atoms with Crippen molar-refractivity contribution in [3.05, 3.63) is 123 Å². The van der Waals surface area contributed by atoms with Gasteiger partial charge in [-0.15, -0.1) is 0 Å². The highest BCUT2D eigenvalue weighted by atomic mass is 19.3. The highest BCUT2D eigenvalue weighted by molar-refractivity contribution is 5.85. The Hall–Kier alpha value is -4.14. The Morgan fingerprint density at radius 1 is 0.650 bits per heavy atom. The summed E-state index contributed by atoms with van der Waals surface area (Å²) >= 11 is 0. The van der Waals surface area contributed by atoms with Crippen LogP contribution in [0, 0.1) is 51.0 Å². The molecule has 40 heavy (non-hydrogen) atoms. The van der Waals surface area contributed by atoms with E-state index >= 15 is 0 Å². The normalized spacial score (nSPS) is 12.4. The van der Waals surface area contributed by atoms with Gasteiger partial charge in [0.05, 0.1) is 11.1 Å². The average molecular weight is 563 g/mol. The number of hydrogen-bond donors (Lipinski definition) is 0. The maximum Gasteiger partial charge on any atom is 0.429 e. The second-order valence-corrected chi connectivity index (χ2v) is 9.42. The number of ether oxygens (including phenoxy) is 1. The molecule has 0 unspecified atom stereocenters. The lowest BCUT2D eigenvalue weighted by atomic mass is 9.98. The van der Waals surface area contributed by atoms with Gasteiger partial charge in [0.1, 0.15) is 29.0 Å². The molecule has 0 aromatic heterocycles. The highest BCUT2D eigenvalue weighted by Gasteiger charge is 2.38. The van der Waals surface area contributed by atoms with Crippen LogP contribution < -0.4 is 4.74 Å². The molecular weight excluding hydrogens is 540 g/mol. The van der Waals surface area contributed by atoms with Crippen molar-refractivity contribution in [1.82, 2.24) is 0 Å². The van der Waals surface area contributed by atoms with Crippen LogP contribution >= 0.6 is 0 Å². The Balaban J connectivity index is 1.67. The molecule has 0 amide bonds. The molecule has 4 aromatic carbocycles. The maximum atomic E-state index is 14.9. The minimum Gasteiger partial charge on any atom is -0.429 e. The fourth-order valence-electron chi connectivity index (χ4n) is 4.23. The zero-order valence-electron chi connectivity index (χ0n) is 21.7. The van der Waals surface area contributed by atoms with Gasteiger partial charge in [0, 0.05) is 17.2 Å². The monoisotopic (exact) mass is 562 g/mol. The molecule has 0 aliphatic carbocycles. The second-order valence-electron chi connectivity index (χ2n) is 9.42. The summed E-state index contributed by atoms with van der Waals surface area (Å²) in [6, 6.07) is 9.26. The lowest BCUT2D eigenvalue weighted by Gasteiger charge is -2.20. The van der Waals surface area contributed by atoms with Crippen molar-refractivity contribution in [1.29, 1.82) is 0 Å². The van der Waals surface area contributed by atoms with Crippen molar-refractivity contribution in [2.24, 2.45) is 0 Å². The van der Waals surface area contributed by atoms with Gasteiger partial charge >= 0.3 is 6.11 Å². The van der Waals surface area contributed by atoms with Crippen molar-refractivity contribution >= 4 is 11.7 Å². The van der Waals surface area contributed by atoms with E-state index in [-0.39, 0.29) is 11.1 Å². The summed E-state index contributed by atoms with van der Waals surface area (Å²) in [5.41, 5.74) is -1.66. The Labute approximate surface area is 225 Å². The van der Waals surface area contributed by atoms with Crippen LogP contribution in [0.25, 0.3) is 22.8 Å². The zero-order chi connectivity index (χ0) is 29.5. The summed E-state index contributed by atoms with van der Waals surface area (Å²) in [7, 11) is 0. The quantitative estimate of drug-likeness (QED) is 0.168. The minimum absolute atomic E-state index is 0.0997. The fourth-order valence-corrected chi connectivity index (χ4v) is 4.23. The van der Waals surface area contributed by atoms with Gasteiger partial charge < -0.3 is 4.74 Å². The Morgan fingerprint density at radius 3 is 1.88 bits per heavy atom. The summed E-state index contributed by atoms with van der Waals surface area (Å²) in [6.07, 6.45) is -4.27. The molecule has 0 fully saturated rings. The first kappa shape index (κ1) is 28.9. The van der Waals surface area contributed by atoms with E-state index in [2.05, 4.69) is 4.74 Å². The molecule has 0 bridgehead atoms. The number of alkyl halides is 2. The van der Waals surface area contributed by atoms with Crippen LogP contribution in [0.1, 0.15) is 38.9 Å². The van der Waals surface area contributed by atoms with Crippen LogP contribution in [0.3, 0.4) is 0 Å². The molecule has 0 aliphatic rings. The lowest BCUT2D eigenvalue weighted by molar-refractivity contribution is -0.187. The highest BCUT2D eigenvalue weighted by Crippen LogP contribution is 2.38. The average Bonchev–Trinajstić information content (AvgIpc) is 2.85. The van der Waals surface area contributed by atoms with Crippen molar-refractivity contribution in [3.8, 4) is 16.9 Å². The van der Waals surface area contributed by atoms with Crippen molar-refractivity contribution in [2.75, 3.05) is 0 Å². The van der Waals surface area contributed by atoms with Crippen molar-refractivity contribution in [3.63, 3.8) is 0 Å². The molecule has 0 spiro atoms. The predicted octanol–water partition coefficient (Wildman–Crippen LogP) is 10.0. The topological polar surface area (TPSA) is 9.23 Å². The molecule has 0 N–H and O–H groups in total. The molecule has 0 radical (unpaired) electrons. The Bertz CT molecular complexity index is 1610. The third kappa shape index (κ3) is 5.59. The van der Waals surface area contributed by atoms with Crippen LogP contribution in [-0.4, -0.2) is 0 Å². The van der Waals surface area contributed by atoms with Gasteiger partial charge in [-0.3, -0.25) is 0 Å². The maximum absolute atomic E-state index is 14.9. The number of halogens is 8. The van der Waals surface area contributed by atoms with E-state index in [0.717, 1.165) is 23.8 Å². The van der Waals surface area contributed by atoms with Crippen LogP contribution in [0.4, 0.5) is 35.1 Å². The molecule has 4 rings (SSSR count). The molecule has 208 valence electrons. The minimum atomic E-state index is -4.27. The summed E-state index contributed by atoms with van der Waals surface area (Å²) in [6.45, 7) is 6.23. The Kier molecular flexibility index (Phi) is 7.78. The third-order valence-electron chi connectivity index (χ3n) is 6.50. The van der Waals surface area contributed by atoms with Crippen LogP contribution in [-0.2, 0) is 6.11 Å². The largest absolute Gasteiger partial charge is 0.429 e. The van der Waals surface area contributed by atoms with Gasteiger partial charge in [-0.05, 0) is 80.3 Å². The molecular formula is C31H22F8O. The van der Waals surface area contributed by atoms with E-state index in [0.29, 0.717) is 35.4 Å². The van der Waals surface area contributed by atoms with Gasteiger partial charge in [-0.1, -0.05) is 29.8 Å². The molecule has 4 aromatic rings. The van der Waals surface area contributed by atoms with Crippen LogP contribution in [0.5, 0.6) is 5.75 Å². The van der Waals surface area contributed by atoms with Gasteiger partial charge in [0.25, 0.3) is 0 Å². The third-order valence-corrected chi connectivity index (χ3v) is 6.50. The first-order valence-corrected chi connectivity index (χ1v) is 12.0. The Morgan fingerprint density at radius 2 is 1.30 bits per heavy atom. The first-order valence-electron chi connectivity index (χ1n) is 12.0. The molecule has 1 nitrogen and oxygen atoms in total. The molecule has 0 saturated carbocycles. The molecule has 0 atom stereocenters. The summed E-state index contributed by atoms with van der Waals surface area (Å²) in [4.78, 5) is 0. The van der Waals surface area contributed by atoms with E-state index in [4.69, 9.17) is 0 Å². The summed E-state index contributed by atoms with van der Waals surface area (Å²) in [5.74, 6) is -8.51. The molecule has 0 heterocycles. The van der Waals surface area contributed by atoms with Gasteiger partial charge in [0.15, 0.2) is 11.7 Å². The smallest absolute Gasteiger partial charge is 0.429 e.